The Morgan fingerprint density at radius 2 is 2.14 bits per heavy atom. The van der Waals surface area contributed by atoms with E-state index >= 15 is 0 Å². The predicted molar refractivity (Wildman–Crippen MR) is 84.4 cm³/mol. The van der Waals surface area contributed by atoms with Crippen LogP contribution >= 0.6 is 15.9 Å². The van der Waals surface area contributed by atoms with Gasteiger partial charge in [0.2, 0.25) is 0 Å². The summed E-state index contributed by atoms with van der Waals surface area (Å²) in [7, 11) is 0. The van der Waals surface area contributed by atoms with Gasteiger partial charge in [0.05, 0.1) is 17.4 Å². The van der Waals surface area contributed by atoms with E-state index in [1.807, 2.05) is 29.2 Å². The number of likely N-dealkylation sites (tertiary alicyclic amines) is 1. The summed E-state index contributed by atoms with van der Waals surface area (Å²) < 4.78 is 2.73. The van der Waals surface area contributed by atoms with Gasteiger partial charge in [-0.05, 0) is 37.1 Å². The minimum absolute atomic E-state index is 0.0197. The molecule has 1 aliphatic heterocycles. The fourth-order valence-corrected chi connectivity index (χ4v) is 2.95. The summed E-state index contributed by atoms with van der Waals surface area (Å²) in [6.07, 6.45) is 5.41. The number of carbonyl (C=O) groups excluding carboxylic acids is 1. The summed E-state index contributed by atoms with van der Waals surface area (Å²) in [5.41, 5.74) is 7.27. The molecule has 21 heavy (non-hydrogen) atoms. The third kappa shape index (κ3) is 2.87. The van der Waals surface area contributed by atoms with Crippen LogP contribution in [0.15, 0.2) is 41.1 Å². The smallest absolute Gasteiger partial charge is 0.257 e. The van der Waals surface area contributed by atoms with Crippen LogP contribution in [0.2, 0.25) is 0 Å². The van der Waals surface area contributed by atoms with Gasteiger partial charge in [0.25, 0.3) is 5.91 Å². The van der Waals surface area contributed by atoms with Crippen LogP contribution in [0, 0.1) is 0 Å². The van der Waals surface area contributed by atoms with Crippen molar-refractivity contribution >= 4 is 21.8 Å². The molecule has 1 amide bonds. The van der Waals surface area contributed by atoms with Crippen LogP contribution < -0.4 is 5.73 Å². The zero-order valence-electron chi connectivity index (χ0n) is 11.6. The number of aromatic nitrogens is 2. The number of nitrogens with two attached hydrogens (primary N) is 1. The molecule has 110 valence electrons. The molecule has 0 saturated carbocycles. The summed E-state index contributed by atoms with van der Waals surface area (Å²) in [5.74, 6) is 0.0197. The summed E-state index contributed by atoms with van der Waals surface area (Å²) in [6.45, 7) is 1.30. The number of rotatable bonds is 3. The lowest BCUT2D eigenvalue weighted by Crippen LogP contribution is -2.39. The predicted octanol–water partition coefficient (Wildman–Crippen LogP) is 2.20. The Balaban J connectivity index is 1.81. The fraction of sp³-hybridized carbons (Fsp3) is 0.333. The third-order valence-electron chi connectivity index (χ3n) is 3.83. The van der Waals surface area contributed by atoms with Crippen molar-refractivity contribution in [2.75, 3.05) is 13.1 Å². The summed E-state index contributed by atoms with van der Waals surface area (Å²) in [4.78, 5) is 14.4. The van der Waals surface area contributed by atoms with Crippen molar-refractivity contribution in [1.29, 1.82) is 0 Å². The topological polar surface area (TPSA) is 64.2 Å². The normalized spacial score (nSPS) is 18.2. The molecule has 0 aliphatic carbocycles. The molecule has 2 aromatic rings. The molecule has 1 aromatic carbocycles. The van der Waals surface area contributed by atoms with Crippen molar-refractivity contribution < 1.29 is 4.79 Å². The Bertz CT molecular complexity index is 637. The highest BCUT2D eigenvalue weighted by Gasteiger charge is 2.28. The van der Waals surface area contributed by atoms with E-state index in [9.17, 15) is 4.79 Å². The number of nitrogens with zero attached hydrogens (tertiary/aromatic N) is 3. The summed E-state index contributed by atoms with van der Waals surface area (Å²) in [6, 6.07) is 7.95. The van der Waals surface area contributed by atoms with Gasteiger partial charge in [-0.15, -0.1) is 0 Å². The second-order valence-electron chi connectivity index (χ2n) is 5.18. The number of halogens is 1. The maximum atomic E-state index is 12.5. The maximum Gasteiger partial charge on any atom is 0.257 e. The summed E-state index contributed by atoms with van der Waals surface area (Å²) >= 11 is 3.40. The number of hydrogen-bond donors (Lipinski definition) is 1. The average molecular weight is 349 g/mol. The van der Waals surface area contributed by atoms with Gasteiger partial charge >= 0.3 is 0 Å². The first-order chi connectivity index (χ1) is 10.2. The van der Waals surface area contributed by atoms with Gasteiger partial charge in [-0.1, -0.05) is 15.9 Å². The molecule has 5 nitrogen and oxygen atoms in total. The number of benzene rings is 1. The second-order valence-corrected chi connectivity index (χ2v) is 6.10. The van der Waals surface area contributed by atoms with Crippen LogP contribution in [0.3, 0.4) is 0 Å². The molecular formula is C15H17BrN4O. The van der Waals surface area contributed by atoms with E-state index in [1.165, 1.54) is 0 Å². The molecule has 0 unspecified atom stereocenters. The van der Waals surface area contributed by atoms with Crippen LogP contribution in [-0.4, -0.2) is 39.7 Å². The highest BCUT2D eigenvalue weighted by atomic mass is 79.9. The SMILES string of the molecule is NC[C@H]1CCCN1C(=O)c1cnn(-c2ccc(Br)cc2)c1. The zero-order valence-corrected chi connectivity index (χ0v) is 13.2. The number of carbonyl (C=O) groups is 1. The molecule has 3 rings (SSSR count). The Morgan fingerprint density at radius 1 is 1.38 bits per heavy atom. The monoisotopic (exact) mass is 348 g/mol. The molecule has 1 fully saturated rings. The quantitative estimate of drug-likeness (QED) is 0.924. The minimum atomic E-state index is 0.0197. The summed E-state index contributed by atoms with van der Waals surface area (Å²) in [5, 5.41) is 4.28. The first kappa shape index (κ1) is 14.3. The number of amides is 1. The highest BCUT2D eigenvalue weighted by molar-refractivity contribution is 9.10. The van der Waals surface area contributed by atoms with Crippen molar-refractivity contribution in [3.05, 3.63) is 46.7 Å². The fourth-order valence-electron chi connectivity index (χ4n) is 2.68. The van der Waals surface area contributed by atoms with Crippen molar-refractivity contribution in [3.8, 4) is 5.69 Å². The van der Waals surface area contributed by atoms with Gasteiger partial charge in [-0.25, -0.2) is 4.68 Å². The molecule has 1 aromatic heterocycles. The largest absolute Gasteiger partial charge is 0.334 e. The first-order valence-corrected chi connectivity index (χ1v) is 7.80. The second kappa shape index (κ2) is 5.99. The minimum Gasteiger partial charge on any atom is -0.334 e. The standard InChI is InChI=1S/C15H17BrN4O/c16-12-3-5-13(6-4-12)20-10-11(9-18-20)15(21)19-7-1-2-14(19)8-17/h3-6,9-10,14H,1-2,7-8,17H2/t14-/m1/s1. The van der Waals surface area contributed by atoms with Gasteiger partial charge in [-0.3, -0.25) is 4.79 Å². The van der Waals surface area contributed by atoms with E-state index in [4.69, 9.17) is 5.73 Å². The molecule has 1 aliphatic rings. The molecule has 2 N–H and O–H groups in total. The van der Waals surface area contributed by atoms with Crippen molar-refractivity contribution in [2.24, 2.45) is 5.73 Å². The third-order valence-corrected chi connectivity index (χ3v) is 4.36. The van der Waals surface area contributed by atoms with E-state index in [1.54, 1.807) is 17.1 Å². The Hall–Kier alpha value is -1.66. The van der Waals surface area contributed by atoms with Gasteiger partial charge < -0.3 is 10.6 Å². The van der Waals surface area contributed by atoms with Crippen molar-refractivity contribution in [1.82, 2.24) is 14.7 Å². The molecule has 0 radical (unpaired) electrons. The molecule has 1 saturated heterocycles. The zero-order chi connectivity index (χ0) is 14.8. The van der Waals surface area contributed by atoms with E-state index in [2.05, 4.69) is 21.0 Å². The molecular weight excluding hydrogens is 332 g/mol. The molecule has 0 bridgehead atoms. The van der Waals surface area contributed by atoms with Crippen LogP contribution in [0.1, 0.15) is 23.2 Å². The Kier molecular flexibility index (Phi) is 4.07. The van der Waals surface area contributed by atoms with Gasteiger partial charge in [0.1, 0.15) is 0 Å². The van der Waals surface area contributed by atoms with Gasteiger partial charge in [-0.2, -0.15) is 5.10 Å². The van der Waals surface area contributed by atoms with Crippen LogP contribution in [0.25, 0.3) is 5.69 Å². The lowest BCUT2D eigenvalue weighted by molar-refractivity contribution is 0.0741. The first-order valence-electron chi connectivity index (χ1n) is 7.00. The molecule has 6 heteroatoms. The lowest BCUT2D eigenvalue weighted by Gasteiger charge is -2.22. The molecule has 2 heterocycles. The van der Waals surface area contributed by atoms with Crippen LogP contribution in [0.5, 0.6) is 0 Å². The van der Waals surface area contributed by atoms with Gasteiger partial charge in [0, 0.05) is 29.8 Å². The maximum absolute atomic E-state index is 12.5. The Labute approximate surface area is 131 Å². The van der Waals surface area contributed by atoms with E-state index in [-0.39, 0.29) is 11.9 Å². The number of hydrogen-bond acceptors (Lipinski definition) is 3. The van der Waals surface area contributed by atoms with E-state index in [0.717, 1.165) is 29.5 Å². The molecule has 1 atom stereocenters. The van der Waals surface area contributed by atoms with Crippen LogP contribution in [-0.2, 0) is 0 Å². The average Bonchev–Trinajstić information content (AvgIpc) is 3.16. The van der Waals surface area contributed by atoms with Crippen LogP contribution in [0.4, 0.5) is 0 Å². The van der Waals surface area contributed by atoms with E-state index in [0.29, 0.717) is 12.1 Å². The lowest BCUT2D eigenvalue weighted by atomic mass is 10.2. The Morgan fingerprint density at radius 3 is 2.86 bits per heavy atom. The van der Waals surface area contributed by atoms with E-state index < -0.39 is 0 Å². The van der Waals surface area contributed by atoms with Crippen molar-refractivity contribution in [3.63, 3.8) is 0 Å². The van der Waals surface area contributed by atoms with Crippen molar-refractivity contribution in [2.45, 2.75) is 18.9 Å². The highest BCUT2D eigenvalue weighted by Crippen LogP contribution is 2.20. The molecule has 0 spiro atoms. The van der Waals surface area contributed by atoms with Gasteiger partial charge in [0.15, 0.2) is 0 Å².